The van der Waals surface area contributed by atoms with Crippen LogP contribution in [-0.4, -0.2) is 45.0 Å². The second-order valence-corrected chi connectivity index (χ2v) is 9.36. The summed E-state index contributed by atoms with van der Waals surface area (Å²) < 4.78 is 26.1. The van der Waals surface area contributed by atoms with Gasteiger partial charge in [-0.2, -0.15) is 0 Å². The molecule has 134 valence electrons. The van der Waals surface area contributed by atoms with Crippen molar-refractivity contribution in [2.24, 2.45) is 0 Å². The SMILES string of the molecule is CC(C)S(=O)(=O)[C@H](C)C(=O)Nc1cccc(-c2nnnn2C2CC2)c1. The Kier molecular flexibility index (Phi) is 4.59. The van der Waals surface area contributed by atoms with Gasteiger partial charge < -0.3 is 5.32 Å². The largest absolute Gasteiger partial charge is 0.325 e. The van der Waals surface area contributed by atoms with Crippen LogP contribution in [0.15, 0.2) is 24.3 Å². The molecule has 1 aromatic heterocycles. The molecular formula is C16H21N5O3S. The van der Waals surface area contributed by atoms with Gasteiger partial charge in [0.25, 0.3) is 0 Å². The number of hydrogen-bond donors (Lipinski definition) is 1. The first kappa shape index (κ1) is 17.5. The van der Waals surface area contributed by atoms with Gasteiger partial charge in [-0.15, -0.1) is 5.10 Å². The van der Waals surface area contributed by atoms with Crippen LogP contribution in [0.3, 0.4) is 0 Å². The molecule has 1 heterocycles. The van der Waals surface area contributed by atoms with E-state index in [1.54, 1.807) is 36.7 Å². The molecule has 1 saturated carbocycles. The van der Waals surface area contributed by atoms with Gasteiger partial charge in [-0.1, -0.05) is 12.1 Å². The van der Waals surface area contributed by atoms with E-state index in [1.807, 2.05) is 6.07 Å². The number of sulfone groups is 1. The van der Waals surface area contributed by atoms with E-state index in [0.29, 0.717) is 17.6 Å². The standard InChI is InChI=1S/C16H21N5O3S/c1-10(2)25(23,24)11(3)16(22)17-13-6-4-5-12(9-13)15-18-19-20-21(15)14-7-8-14/h4-6,9-11,14H,7-8H2,1-3H3,(H,17,22)/t11-/m1/s1. The number of amides is 1. The summed E-state index contributed by atoms with van der Waals surface area (Å²) in [6.07, 6.45) is 2.11. The minimum atomic E-state index is -3.51. The summed E-state index contributed by atoms with van der Waals surface area (Å²) in [6, 6.07) is 7.42. The first-order valence-corrected chi connectivity index (χ1v) is 9.83. The van der Waals surface area contributed by atoms with Gasteiger partial charge in [0.1, 0.15) is 5.25 Å². The van der Waals surface area contributed by atoms with Crippen molar-refractivity contribution in [1.82, 2.24) is 20.2 Å². The fourth-order valence-electron chi connectivity index (χ4n) is 2.49. The molecule has 3 rings (SSSR count). The highest BCUT2D eigenvalue weighted by Gasteiger charge is 2.31. The normalized spacial score (nSPS) is 16.0. The van der Waals surface area contributed by atoms with Gasteiger partial charge in [-0.3, -0.25) is 4.79 Å². The molecule has 1 atom stereocenters. The highest BCUT2D eigenvalue weighted by Crippen LogP contribution is 2.36. The fourth-order valence-corrected chi connectivity index (χ4v) is 3.66. The van der Waals surface area contributed by atoms with Crippen LogP contribution in [-0.2, 0) is 14.6 Å². The number of tetrazole rings is 1. The summed E-state index contributed by atoms with van der Waals surface area (Å²) in [5, 5.41) is 12.7. The quantitative estimate of drug-likeness (QED) is 0.839. The van der Waals surface area contributed by atoms with E-state index in [2.05, 4.69) is 20.8 Å². The number of nitrogens with zero attached hydrogens (tertiary/aromatic N) is 4. The van der Waals surface area contributed by atoms with E-state index in [9.17, 15) is 13.2 Å². The molecule has 0 spiro atoms. The molecule has 2 aromatic rings. The lowest BCUT2D eigenvalue weighted by atomic mass is 10.2. The molecule has 0 bridgehead atoms. The van der Waals surface area contributed by atoms with Crippen LogP contribution in [0.2, 0.25) is 0 Å². The predicted octanol–water partition coefficient (Wildman–Crippen LogP) is 1.83. The smallest absolute Gasteiger partial charge is 0.242 e. The molecule has 0 unspecified atom stereocenters. The second-order valence-electron chi connectivity index (χ2n) is 6.53. The van der Waals surface area contributed by atoms with Crippen LogP contribution in [0.1, 0.15) is 39.7 Å². The number of benzene rings is 1. The van der Waals surface area contributed by atoms with E-state index in [-0.39, 0.29) is 0 Å². The molecule has 25 heavy (non-hydrogen) atoms. The maximum atomic E-state index is 12.3. The van der Waals surface area contributed by atoms with Gasteiger partial charge in [0.2, 0.25) is 5.91 Å². The highest BCUT2D eigenvalue weighted by molar-refractivity contribution is 7.93. The maximum absolute atomic E-state index is 12.3. The van der Waals surface area contributed by atoms with E-state index in [4.69, 9.17) is 0 Å². The summed E-state index contributed by atoms with van der Waals surface area (Å²) in [5.41, 5.74) is 1.28. The molecule has 1 aliphatic carbocycles. The Morgan fingerprint density at radius 2 is 2.00 bits per heavy atom. The molecular weight excluding hydrogens is 342 g/mol. The Labute approximate surface area is 146 Å². The maximum Gasteiger partial charge on any atom is 0.242 e. The molecule has 1 amide bonds. The van der Waals surface area contributed by atoms with Crippen molar-refractivity contribution in [2.75, 3.05) is 5.32 Å². The Morgan fingerprint density at radius 3 is 2.64 bits per heavy atom. The Hall–Kier alpha value is -2.29. The molecule has 1 aromatic carbocycles. The van der Waals surface area contributed by atoms with Crippen molar-refractivity contribution in [3.63, 3.8) is 0 Å². The van der Waals surface area contributed by atoms with Crippen molar-refractivity contribution in [2.45, 2.75) is 50.2 Å². The van der Waals surface area contributed by atoms with Crippen LogP contribution < -0.4 is 5.32 Å². The van der Waals surface area contributed by atoms with Crippen molar-refractivity contribution in [3.05, 3.63) is 24.3 Å². The summed E-state index contributed by atoms with van der Waals surface area (Å²) >= 11 is 0. The minimum absolute atomic E-state index is 0.333. The Bertz CT molecular complexity index is 887. The summed E-state index contributed by atoms with van der Waals surface area (Å²) in [4.78, 5) is 12.3. The molecule has 9 heteroatoms. The minimum Gasteiger partial charge on any atom is -0.325 e. The summed E-state index contributed by atoms with van der Waals surface area (Å²) in [5.74, 6) is 0.0917. The number of anilines is 1. The van der Waals surface area contributed by atoms with Gasteiger partial charge in [-0.25, -0.2) is 13.1 Å². The zero-order valence-electron chi connectivity index (χ0n) is 14.4. The van der Waals surface area contributed by atoms with Gasteiger partial charge in [0.15, 0.2) is 15.7 Å². The van der Waals surface area contributed by atoms with Crippen molar-refractivity contribution < 1.29 is 13.2 Å². The lowest BCUT2D eigenvalue weighted by Gasteiger charge is -2.16. The Balaban J connectivity index is 1.80. The van der Waals surface area contributed by atoms with Crippen LogP contribution >= 0.6 is 0 Å². The third-order valence-electron chi connectivity index (χ3n) is 4.29. The van der Waals surface area contributed by atoms with E-state index in [0.717, 1.165) is 18.4 Å². The predicted molar refractivity (Wildman–Crippen MR) is 93.7 cm³/mol. The number of nitrogens with one attached hydrogen (secondary N) is 1. The summed E-state index contributed by atoms with van der Waals surface area (Å²) in [7, 11) is -3.51. The first-order chi connectivity index (χ1) is 11.8. The topological polar surface area (TPSA) is 107 Å². The highest BCUT2D eigenvalue weighted by atomic mass is 32.2. The average Bonchev–Trinajstić information content (AvgIpc) is 3.30. The summed E-state index contributed by atoms with van der Waals surface area (Å²) in [6.45, 7) is 4.54. The van der Waals surface area contributed by atoms with E-state index < -0.39 is 26.2 Å². The van der Waals surface area contributed by atoms with Crippen molar-refractivity contribution in [3.8, 4) is 11.4 Å². The number of hydrogen-bond acceptors (Lipinski definition) is 6. The average molecular weight is 363 g/mol. The van der Waals surface area contributed by atoms with E-state index in [1.165, 1.54) is 6.92 Å². The molecule has 0 saturated heterocycles. The number of rotatable bonds is 6. The molecule has 1 aliphatic rings. The molecule has 8 nitrogen and oxygen atoms in total. The van der Waals surface area contributed by atoms with Gasteiger partial charge >= 0.3 is 0 Å². The van der Waals surface area contributed by atoms with Gasteiger partial charge in [0.05, 0.1) is 11.3 Å². The molecule has 0 aliphatic heterocycles. The number of aromatic nitrogens is 4. The zero-order valence-corrected chi connectivity index (χ0v) is 15.2. The van der Waals surface area contributed by atoms with Gasteiger partial charge in [0, 0.05) is 11.3 Å². The Morgan fingerprint density at radius 1 is 1.28 bits per heavy atom. The zero-order chi connectivity index (χ0) is 18.2. The first-order valence-electron chi connectivity index (χ1n) is 8.22. The monoisotopic (exact) mass is 363 g/mol. The molecule has 1 N–H and O–H groups in total. The lowest BCUT2D eigenvalue weighted by molar-refractivity contribution is -0.115. The van der Waals surface area contributed by atoms with Crippen LogP contribution in [0.5, 0.6) is 0 Å². The molecule has 1 fully saturated rings. The number of carbonyl (C=O) groups excluding carboxylic acids is 1. The van der Waals surface area contributed by atoms with Crippen LogP contribution in [0.25, 0.3) is 11.4 Å². The van der Waals surface area contributed by atoms with Gasteiger partial charge in [-0.05, 0) is 56.2 Å². The third-order valence-corrected chi connectivity index (χ3v) is 6.81. The lowest BCUT2D eigenvalue weighted by Crippen LogP contribution is -2.36. The van der Waals surface area contributed by atoms with E-state index >= 15 is 0 Å². The van der Waals surface area contributed by atoms with Crippen molar-refractivity contribution in [1.29, 1.82) is 0 Å². The second kappa shape index (κ2) is 6.55. The molecule has 0 radical (unpaired) electrons. The fraction of sp³-hybridized carbons (Fsp3) is 0.500. The third kappa shape index (κ3) is 3.55. The van der Waals surface area contributed by atoms with Crippen molar-refractivity contribution >= 4 is 21.4 Å². The van der Waals surface area contributed by atoms with Crippen LogP contribution in [0, 0.1) is 0 Å². The van der Waals surface area contributed by atoms with Crippen LogP contribution in [0.4, 0.5) is 5.69 Å². The number of carbonyl (C=O) groups is 1.